The van der Waals surface area contributed by atoms with Crippen molar-refractivity contribution in [2.45, 2.75) is 6.18 Å². The predicted octanol–water partition coefficient (Wildman–Crippen LogP) is 4.92. The SMILES string of the molecule is COCCN(CCOC)C(=O)c1c2cccc(-c3ccc(Cl)cc3Cl)c2nn1C.O=C(O)C(F)(F)F. The van der Waals surface area contributed by atoms with Crippen LogP contribution in [-0.4, -0.2) is 78.4 Å². The number of carboxylic acids is 1. The molecule has 36 heavy (non-hydrogen) atoms. The van der Waals surface area contributed by atoms with Crippen molar-refractivity contribution in [2.24, 2.45) is 7.05 Å². The number of aromatic nitrogens is 2. The number of carboxylic acid groups (broad SMARTS) is 1. The van der Waals surface area contributed by atoms with E-state index in [2.05, 4.69) is 5.10 Å². The molecule has 1 amide bonds. The maximum absolute atomic E-state index is 13.3. The van der Waals surface area contributed by atoms with Gasteiger partial charge in [0.15, 0.2) is 0 Å². The lowest BCUT2D eigenvalue weighted by molar-refractivity contribution is -0.192. The lowest BCUT2D eigenvalue weighted by Gasteiger charge is -2.22. The number of aryl methyl sites for hydroxylation is 1. The molecule has 0 fully saturated rings. The molecule has 0 atom stereocenters. The van der Waals surface area contributed by atoms with Crippen LogP contribution in [0, 0.1) is 0 Å². The number of halogens is 5. The van der Waals surface area contributed by atoms with Crippen LogP contribution in [0.15, 0.2) is 36.4 Å². The fourth-order valence-corrected chi connectivity index (χ4v) is 3.77. The molecule has 0 unspecified atom stereocenters. The van der Waals surface area contributed by atoms with Crippen LogP contribution in [0.1, 0.15) is 10.5 Å². The zero-order chi connectivity index (χ0) is 27.0. The highest BCUT2D eigenvalue weighted by atomic mass is 35.5. The number of aliphatic carboxylic acids is 1. The van der Waals surface area contributed by atoms with Gasteiger partial charge in [0.05, 0.1) is 13.2 Å². The van der Waals surface area contributed by atoms with E-state index in [9.17, 15) is 18.0 Å². The summed E-state index contributed by atoms with van der Waals surface area (Å²) in [6, 6.07) is 11.1. The molecule has 0 saturated heterocycles. The van der Waals surface area contributed by atoms with E-state index in [0.717, 1.165) is 16.5 Å². The van der Waals surface area contributed by atoms with Crippen molar-refractivity contribution < 1.29 is 37.3 Å². The lowest BCUT2D eigenvalue weighted by atomic mass is 10.0. The second-order valence-corrected chi connectivity index (χ2v) is 8.22. The smallest absolute Gasteiger partial charge is 0.475 e. The Morgan fingerprint density at radius 2 is 1.64 bits per heavy atom. The van der Waals surface area contributed by atoms with Crippen LogP contribution in [0.25, 0.3) is 22.0 Å². The van der Waals surface area contributed by atoms with Crippen molar-refractivity contribution in [2.75, 3.05) is 40.5 Å². The molecule has 3 aromatic rings. The molecule has 1 heterocycles. The minimum atomic E-state index is -5.08. The van der Waals surface area contributed by atoms with Crippen LogP contribution in [-0.2, 0) is 21.3 Å². The fraction of sp³-hybridized carbons (Fsp3) is 0.348. The minimum absolute atomic E-state index is 0.122. The first-order valence-electron chi connectivity index (χ1n) is 10.4. The number of alkyl halides is 3. The van der Waals surface area contributed by atoms with Crippen molar-refractivity contribution in [1.29, 1.82) is 0 Å². The summed E-state index contributed by atoms with van der Waals surface area (Å²) >= 11 is 12.5. The van der Waals surface area contributed by atoms with Crippen LogP contribution >= 0.6 is 23.2 Å². The van der Waals surface area contributed by atoms with Gasteiger partial charge in [-0.2, -0.15) is 18.3 Å². The Labute approximate surface area is 215 Å². The monoisotopic (exact) mass is 549 g/mol. The van der Waals surface area contributed by atoms with E-state index < -0.39 is 12.1 Å². The average Bonchev–Trinajstić information content (AvgIpc) is 3.14. The summed E-state index contributed by atoms with van der Waals surface area (Å²) in [5, 5.41) is 13.6. The summed E-state index contributed by atoms with van der Waals surface area (Å²) in [7, 11) is 4.99. The van der Waals surface area contributed by atoms with Gasteiger partial charge in [0.1, 0.15) is 11.2 Å². The molecule has 0 aliphatic heterocycles. The van der Waals surface area contributed by atoms with Crippen molar-refractivity contribution in [3.05, 3.63) is 52.1 Å². The number of nitrogens with zero attached hydrogens (tertiary/aromatic N) is 3. The number of benzene rings is 2. The summed E-state index contributed by atoms with van der Waals surface area (Å²) in [4.78, 5) is 23.9. The van der Waals surface area contributed by atoms with Gasteiger partial charge in [-0.25, -0.2) is 4.79 Å². The van der Waals surface area contributed by atoms with Gasteiger partial charge >= 0.3 is 12.1 Å². The molecule has 0 aliphatic carbocycles. The van der Waals surface area contributed by atoms with Gasteiger partial charge in [-0.3, -0.25) is 9.48 Å². The minimum Gasteiger partial charge on any atom is -0.475 e. The van der Waals surface area contributed by atoms with E-state index in [4.69, 9.17) is 42.6 Å². The van der Waals surface area contributed by atoms with Crippen LogP contribution < -0.4 is 0 Å². The zero-order valence-electron chi connectivity index (χ0n) is 19.6. The fourth-order valence-electron chi connectivity index (χ4n) is 3.26. The molecule has 0 bridgehead atoms. The van der Waals surface area contributed by atoms with Crippen LogP contribution in [0.3, 0.4) is 0 Å². The van der Waals surface area contributed by atoms with E-state index >= 15 is 0 Å². The molecule has 3 rings (SSSR count). The number of methoxy groups -OCH3 is 2. The van der Waals surface area contributed by atoms with Gasteiger partial charge in [0.2, 0.25) is 0 Å². The number of fused-ring (bicyclic) bond motifs is 1. The maximum Gasteiger partial charge on any atom is 0.490 e. The Morgan fingerprint density at radius 1 is 1.06 bits per heavy atom. The van der Waals surface area contributed by atoms with Gasteiger partial charge in [-0.15, -0.1) is 0 Å². The molecule has 0 radical (unpaired) electrons. The standard InChI is InChI=1S/C21H23Cl2N3O3.C2HF3O2/c1-25-20(21(27)26(9-11-28-2)10-12-29-3)17-6-4-5-16(19(17)24-25)15-8-7-14(22)13-18(15)23;3-2(4,5)1(6)7/h4-8,13H,9-12H2,1-3H3;(H,6,7). The van der Waals surface area contributed by atoms with Gasteiger partial charge in [0, 0.05) is 60.9 Å². The molecule has 1 aromatic heterocycles. The highest BCUT2D eigenvalue weighted by molar-refractivity contribution is 6.36. The highest BCUT2D eigenvalue weighted by Crippen LogP contribution is 2.35. The number of amides is 1. The second kappa shape index (κ2) is 12.9. The number of hydrogen-bond acceptors (Lipinski definition) is 5. The van der Waals surface area contributed by atoms with Gasteiger partial charge in [-0.1, -0.05) is 47.5 Å². The topological polar surface area (TPSA) is 93.9 Å². The van der Waals surface area contributed by atoms with Gasteiger partial charge in [0.25, 0.3) is 5.91 Å². The van der Waals surface area contributed by atoms with E-state index in [0.29, 0.717) is 47.6 Å². The molecule has 1 N–H and O–H groups in total. The molecule has 196 valence electrons. The number of carbonyl (C=O) groups is 2. The summed E-state index contributed by atoms with van der Waals surface area (Å²) < 4.78 is 43.7. The second-order valence-electron chi connectivity index (χ2n) is 7.38. The molecule has 2 aromatic carbocycles. The van der Waals surface area contributed by atoms with E-state index in [1.54, 1.807) is 43.0 Å². The van der Waals surface area contributed by atoms with Crippen LogP contribution in [0.5, 0.6) is 0 Å². The first-order chi connectivity index (χ1) is 16.9. The Bertz CT molecular complexity index is 1210. The highest BCUT2D eigenvalue weighted by Gasteiger charge is 2.38. The Kier molecular flexibility index (Phi) is 10.5. The summed E-state index contributed by atoms with van der Waals surface area (Å²) in [6.45, 7) is 1.82. The Hall–Kier alpha value is -2.86. The molecule has 8 nitrogen and oxygen atoms in total. The zero-order valence-corrected chi connectivity index (χ0v) is 21.1. The predicted molar refractivity (Wildman–Crippen MR) is 130 cm³/mol. The Morgan fingerprint density at radius 3 is 2.14 bits per heavy atom. The summed E-state index contributed by atoms with van der Waals surface area (Å²) in [6.07, 6.45) is -5.08. The number of rotatable bonds is 8. The first kappa shape index (κ1) is 29.4. The maximum atomic E-state index is 13.3. The summed E-state index contributed by atoms with van der Waals surface area (Å²) in [5.74, 6) is -2.88. The van der Waals surface area contributed by atoms with Crippen molar-refractivity contribution >= 4 is 46.0 Å². The average molecular weight is 550 g/mol. The van der Waals surface area contributed by atoms with Crippen LogP contribution in [0.2, 0.25) is 10.0 Å². The summed E-state index contributed by atoms with van der Waals surface area (Å²) in [5.41, 5.74) is 2.88. The van der Waals surface area contributed by atoms with Crippen molar-refractivity contribution in [3.63, 3.8) is 0 Å². The number of ether oxygens (including phenoxy) is 2. The number of hydrogen-bond donors (Lipinski definition) is 1. The van der Waals surface area contributed by atoms with Crippen LogP contribution in [0.4, 0.5) is 13.2 Å². The molecule has 0 saturated carbocycles. The van der Waals surface area contributed by atoms with Crippen molar-refractivity contribution in [3.8, 4) is 11.1 Å². The normalized spacial score (nSPS) is 11.2. The van der Waals surface area contributed by atoms with Crippen molar-refractivity contribution in [1.82, 2.24) is 14.7 Å². The quantitative estimate of drug-likeness (QED) is 0.428. The molecule has 0 aliphatic rings. The van der Waals surface area contributed by atoms with Gasteiger partial charge < -0.3 is 19.5 Å². The van der Waals surface area contributed by atoms with E-state index in [1.807, 2.05) is 24.3 Å². The third-order valence-electron chi connectivity index (χ3n) is 4.95. The molecular weight excluding hydrogens is 526 g/mol. The van der Waals surface area contributed by atoms with Gasteiger partial charge in [-0.05, 0) is 12.1 Å². The van der Waals surface area contributed by atoms with E-state index in [1.165, 1.54) is 0 Å². The lowest BCUT2D eigenvalue weighted by Crippen LogP contribution is -2.37. The third kappa shape index (κ3) is 7.33. The first-order valence-corrected chi connectivity index (χ1v) is 11.2. The largest absolute Gasteiger partial charge is 0.490 e. The number of carbonyl (C=O) groups excluding carboxylic acids is 1. The molecule has 13 heteroatoms. The van der Waals surface area contributed by atoms with E-state index in [-0.39, 0.29) is 5.91 Å². The molecule has 0 spiro atoms. The Balaban J connectivity index is 0.000000572. The molecular formula is C23H24Cl2F3N3O5. The third-order valence-corrected chi connectivity index (χ3v) is 5.50.